The van der Waals surface area contributed by atoms with Gasteiger partial charge in [-0.1, -0.05) is 47.5 Å². The molecule has 0 aromatic heterocycles. The molecular weight excluding hydrogens is 459 g/mol. The Labute approximate surface area is 191 Å². The predicted octanol–water partition coefficient (Wildman–Crippen LogP) is 5.23. The van der Waals surface area contributed by atoms with E-state index in [1.54, 1.807) is 60.7 Å². The number of anilines is 2. The number of nitrogens with zero attached hydrogens (tertiary/aromatic N) is 1. The number of amides is 1. The molecule has 0 saturated carbocycles. The largest absolute Gasteiger partial charge is 0.494 e. The molecule has 0 aliphatic carbocycles. The van der Waals surface area contributed by atoms with Crippen molar-refractivity contribution in [1.82, 2.24) is 0 Å². The molecule has 162 valence electrons. The van der Waals surface area contributed by atoms with Gasteiger partial charge in [-0.25, -0.2) is 8.42 Å². The maximum Gasteiger partial charge on any atom is 0.264 e. The third-order valence-corrected chi connectivity index (χ3v) is 6.70. The van der Waals surface area contributed by atoms with E-state index in [0.717, 1.165) is 4.31 Å². The molecule has 0 spiro atoms. The van der Waals surface area contributed by atoms with Crippen molar-refractivity contribution in [3.63, 3.8) is 0 Å². The summed E-state index contributed by atoms with van der Waals surface area (Å²) in [7, 11) is -4.04. The number of hydrogen-bond donors (Lipinski definition) is 1. The molecule has 0 aliphatic heterocycles. The van der Waals surface area contributed by atoms with Crippen LogP contribution >= 0.6 is 23.2 Å². The molecule has 3 aromatic rings. The number of rotatable bonds is 8. The Morgan fingerprint density at radius 3 is 2.13 bits per heavy atom. The van der Waals surface area contributed by atoms with Crippen molar-refractivity contribution < 1.29 is 17.9 Å². The number of ether oxygens (including phenoxy) is 1. The van der Waals surface area contributed by atoms with Crippen molar-refractivity contribution in [3.8, 4) is 5.75 Å². The van der Waals surface area contributed by atoms with E-state index < -0.39 is 22.5 Å². The first-order valence-corrected chi connectivity index (χ1v) is 11.6. The molecule has 9 heteroatoms. The van der Waals surface area contributed by atoms with Crippen molar-refractivity contribution in [2.75, 3.05) is 22.8 Å². The predicted molar refractivity (Wildman–Crippen MR) is 124 cm³/mol. The first-order chi connectivity index (χ1) is 14.8. The van der Waals surface area contributed by atoms with Crippen molar-refractivity contribution in [2.24, 2.45) is 0 Å². The maximum absolute atomic E-state index is 13.4. The van der Waals surface area contributed by atoms with E-state index in [9.17, 15) is 13.2 Å². The third-order valence-electron chi connectivity index (χ3n) is 4.28. The highest BCUT2D eigenvalue weighted by atomic mass is 35.5. The number of sulfonamides is 1. The van der Waals surface area contributed by atoms with Crippen LogP contribution in [0, 0.1) is 0 Å². The van der Waals surface area contributed by atoms with Crippen LogP contribution in [-0.4, -0.2) is 27.5 Å². The van der Waals surface area contributed by atoms with E-state index in [0.29, 0.717) is 18.0 Å². The van der Waals surface area contributed by atoms with Gasteiger partial charge in [-0.05, 0) is 55.5 Å². The molecule has 0 saturated heterocycles. The highest BCUT2D eigenvalue weighted by molar-refractivity contribution is 7.92. The van der Waals surface area contributed by atoms with Crippen LogP contribution in [0.5, 0.6) is 5.75 Å². The molecule has 0 heterocycles. The number of halogens is 2. The minimum atomic E-state index is -4.04. The Bertz CT molecular complexity index is 1130. The molecule has 6 nitrogen and oxygen atoms in total. The second-order valence-corrected chi connectivity index (χ2v) is 9.07. The molecular formula is C22H20Cl2N2O4S. The molecule has 0 bridgehead atoms. The van der Waals surface area contributed by atoms with Crippen LogP contribution in [0.15, 0.2) is 77.7 Å². The van der Waals surface area contributed by atoms with Crippen molar-refractivity contribution >= 4 is 50.5 Å². The molecule has 0 atom stereocenters. The van der Waals surface area contributed by atoms with Crippen LogP contribution in [-0.2, 0) is 14.8 Å². The van der Waals surface area contributed by atoms with Crippen LogP contribution in [0.4, 0.5) is 11.4 Å². The fourth-order valence-electron chi connectivity index (χ4n) is 2.84. The first kappa shape index (κ1) is 22.9. The Morgan fingerprint density at radius 1 is 0.935 bits per heavy atom. The highest BCUT2D eigenvalue weighted by Gasteiger charge is 2.27. The molecule has 1 N–H and O–H groups in total. The summed E-state index contributed by atoms with van der Waals surface area (Å²) in [5, 5.41) is 3.10. The summed E-state index contributed by atoms with van der Waals surface area (Å²) in [6.45, 7) is 1.83. The van der Waals surface area contributed by atoms with Crippen LogP contribution < -0.4 is 14.4 Å². The maximum atomic E-state index is 13.4. The van der Waals surface area contributed by atoms with Gasteiger partial charge in [0.2, 0.25) is 5.91 Å². The van der Waals surface area contributed by atoms with Crippen LogP contribution in [0.25, 0.3) is 0 Å². The Hall–Kier alpha value is -2.74. The number of para-hydroxylation sites is 2. The molecule has 0 aliphatic rings. The van der Waals surface area contributed by atoms with Gasteiger partial charge in [-0.3, -0.25) is 9.10 Å². The minimum absolute atomic E-state index is 0.0309. The average Bonchev–Trinajstić information content (AvgIpc) is 2.76. The smallest absolute Gasteiger partial charge is 0.264 e. The van der Waals surface area contributed by atoms with Crippen LogP contribution in [0.3, 0.4) is 0 Å². The van der Waals surface area contributed by atoms with Crippen molar-refractivity contribution in [2.45, 2.75) is 11.8 Å². The summed E-state index contributed by atoms with van der Waals surface area (Å²) in [6, 6.07) is 19.2. The second kappa shape index (κ2) is 10.0. The van der Waals surface area contributed by atoms with E-state index in [2.05, 4.69) is 5.32 Å². The van der Waals surface area contributed by atoms with Gasteiger partial charge in [0.05, 0.1) is 32.9 Å². The third kappa shape index (κ3) is 5.50. The molecule has 31 heavy (non-hydrogen) atoms. The van der Waals surface area contributed by atoms with E-state index in [-0.39, 0.29) is 20.6 Å². The van der Waals surface area contributed by atoms with E-state index in [4.69, 9.17) is 27.9 Å². The van der Waals surface area contributed by atoms with Gasteiger partial charge in [0, 0.05) is 0 Å². The van der Waals surface area contributed by atoms with Crippen molar-refractivity contribution in [3.05, 3.63) is 82.8 Å². The van der Waals surface area contributed by atoms with Gasteiger partial charge in [0.15, 0.2) is 0 Å². The summed E-state index contributed by atoms with van der Waals surface area (Å²) in [6.07, 6.45) is 0. The zero-order chi connectivity index (χ0) is 22.4. The van der Waals surface area contributed by atoms with Crippen molar-refractivity contribution in [1.29, 1.82) is 0 Å². The normalized spacial score (nSPS) is 11.1. The Balaban J connectivity index is 1.92. The monoisotopic (exact) mass is 478 g/mol. The van der Waals surface area contributed by atoms with E-state index >= 15 is 0 Å². The van der Waals surface area contributed by atoms with Gasteiger partial charge >= 0.3 is 0 Å². The lowest BCUT2D eigenvalue weighted by molar-refractivity contribution is -0.114. The quantitative estimate of drug-likeness (QED) is 0.480. The van der Waals surface area contributed by atoms with Crippen LogP contribution in [0.2, 0.25) is 10.0 Å². The molecule has 0 unspecified atom stereocenters. The SMILES string of the molecule is CCOc1ccc(S(=O)(=O)N(CC(=O)Nc2c(Cl)cccc2Cl)c2ccccc2)cc1. The second-order valence-electron chi connectivity index (χ2n) is 6.40. The summed E-state index contributed by atoms with van der Waals surface area (Å²) < 4.78 is 33.2. The molecule has 3 aromatic carbocycles. The van der Waals surface area contributed by atoms with Gasteiger partial charge < -0.3 is 10.1 Å². The molecule has 1 amide bonds. The average molecular weight is 479 g/mol. The topological polar surface area (TPSA) is 75.7 Å². The zero-order valence-corrected chi connectivity index (χ0v) is 18.9. The molecule has 0 radical (unpaired) electrons. The summed E-state index contributed by atoms with van der Waals surface area (Å²) >= 11 is 12.2. The lowest BCUT2D eigenvalue weighted by Gasteiger charge is -2.24. The highest BCUT2D eigenvalue weighted by Crippen LogP contribution is 2.30. The van der Waals surface area contributed by atoms with E-state index in [1.165, 1.54) is 12.1 Å². The van der Waals surface area contributed by atoms with Gasteiger partial charge in [-0.2, -0.15) is 0 Å². The van der Waals surface area contributed by atoms with Gasteiger partial charge in [-0.15, -0.1) is 0 Å². The summed E-state index contributed by atoms with van der Waals surface area (Å²) in [5.41, 5.74) is 0.569. The lowest BCUT2D eigenvalue weighted by atomic mass is 10.3. The number of hydrogen-bond acceptors (Lipinski definition) is 4. The number of benzene rings is 3. The van der Waals surface area contributed by atoms with Crippen LogP contribution in [0.1, 0.15) is 6.92 Å². The fraction of sp³-hybridized carbons (Fsp3) is 0.136. The zero-order valence-electron chi connectivity index (χ0n) is 16.6. The van der Waals surface area contributed by atoms with Gasteiger partial charge in [0.1, 0.15) is 12.3 Å². The fourth-order valence-corrected chi connectivity index (χ4v) is 4.75. The van der Waals surface area contributed by atoms with Gasteiger partial charge in [0.25, 0.3) is 10.0 Å². The molecule has 0 fully saturated rings. The minimum Gasteiger partial charge on any atom is -0.494 e. The lowest BCUT2D eigenvalue weighted by Crippen LogP contribution is -2.38. The van der Waals surface area contributed by atoms with E-state index in [1.807, 2.05) is 6.92 Å². The number of carbonyl (C=O) groups excluding carboxylic acids is 1. The Kier molecular flexibility index (Phi) is 7.43. The summed E-state index contributed by atoms with van der Waals surface area (Å²) in [4.78, 5) is 12.8. The number of carbonyl (C=O) groups is 1. The summed E-state index contributed by atoms with van der Waals surface area (Å²) in [5.74, 6) is -0.0350. The number of nitrogens with one attached hydrogen (secondary N) is 1. The standard InChI is InChI=1S/C22H20Cl2N2O4S/c1-2-30-17-11-13-18(14-12-17)31(28,29)26(16-7-4-3-5-8-16)15-21(27)25-22-19(23)9-6-10-20(22)24/h3-14H,2,15H2,1H3,(H,25,27). The molecule has 3 rings (SSSR count). The first-order valence-electron chi connectivity index (χ1n) is 9.37. The Morgan fingerprint density at radius 2 is 1.55 bits per heavy atom.